The maximum absolute atomic E-state index is 12.9. The van der Waals surface area contributed by atoms with Gasteiger partial charge in [-0.3, -0.25) is 14.7 Å². The van der Waals surface area contributed by atoms with Crippen LogP contribution in [0.25, 0.3) is 0 Å². The number of nitrogens with zero attached hydrogens (tertiary/aromatic N) is 5. The first-order valence-corrected chi connectivity index (χ1v) is 15.6. The quantitative estimate of drug-likeness (QED) is 0.448. The molecule has 3 aliphatic heterocycles. The van der Waals surface area contributed by atoms with Crippen molar-refractivity contribution in [1.82, 2.24) is 14.8 Å². The van der Waals surface area contributed by atoms with E-state index in [2.05, 4.69) is 83.5 Å². The molecule has 0 atom stereocenters. The fourth-order valence-corrected chi connectivity index (χ4v) is 6.35. The molecular weight excluding hydrogens is 526 g/mol. The van der Waals surface area contributed by atoms with Crippen LogP contribution in [-0.2, 0) is 11.2 Å². The molecule has 42 heavy (non-hydrogen) atoms. The number of aromatic nitrogens is 1. The summed E-state index contributed by atoms with van der Waals surface area (Å²) < 4.78 is 5.72. The Morgan fingerprint density at radius 3 is 2.62 bits per heavy atom. The van der Waals surface area contributed by atoms with E-state index in [1.807, 2.05) is 11.1 Å². The van der Waals surface area contributed by atoms with Crippen molar-refractivity contribution >= 4 is 28.7 Å². The van der Waals surface area contributed by atoms with Crippen LogP contribution in [0.3, 0.4) is 0 Å². The Hall–Kier alpha value is -3.59. The van der Waals surface area contributed by atoms with Gasteiger partial charge in [0.15, 0.2) is 0 Å². The van der Waals surface area contributed by atoms with Gasteiger partial charge in [-0.15, -0.1) is 0 Å². The molecule has 3 aliphatic rings. The smallest absolute Gasteiger partial charge is 0.237 e. The maximum atomic E-state index is 12.9. The Balaban J connectivity index is 1.14. The second-order valence-electron chi connectivity index (χ2n) is 11.4. The standard InChI is InChI=1S/C33H47N7O2/c1-5-26-12-14-40(30-21-35-33-32(24(30)4)34-13-19-42-33)22-29(26)37-23-36-27-10-8-25(9-11-27)20-31(41)39-17-15-38(16-18-39)28(6-2)7-3/h5,8-11,21,28,34,36H,6-7,12-20,22-23H2,1-4H3/b26-5-,37-29-. The largest absolute Gasteiger partial charge is 0.474 e. The number of carbonyl (C=O) groups is 1. The van der Waals surface area contributed by atoms with Gasteiger partial charge in [0.2, 0.25) is 11.8 Å². The predicted molar refractivity (Wildman–Crippen MR) is 172 cm³/mol. The number of benzene rings is 1. The number of fused-ring (bicyclic) bond motifs is 1. The number of piperidine rings is 1. The van der Waals surface area contributed by atoms with Crippen molar-refractivity contribution < 1.29 is 9.53 Å². The Kier molecular flexibility index (Phi) is 10.00. The Labute approximate surface area is 251 Å². The molecule has 226 valence electrons. The van der Waals surface area contributed by atoms with Crippen molar-refractivity contribution in [3.63, 3.8) is 0 Å². The van der Waals surface area contributed by atoms with Crippen LogP contribution in [0.2, 0.25) is 0 Å². The lowest BCUT2D eigenvalue weighted by Gasteiger charge is -2.39. The fraction of sp³-hybridized carbons (Fsp3) is 0.545. The number of anilines is 3. The van der Waals surface area contributed by atoms with Crippen LogP contribution in [0, 0.1) is 6.92 Å². The Morgan fingerprint density at radius 2 is 1.90 bits per heavy atom. The molecule has 0 unspecified atom stereocenters. The number of hydrogen-bond acceptors (Lipinski definition) is 8. The number of rotatable bonds is 9. The van der Waals surface area contributed by atoms with Crippen molar-refractivity contribution in [3.8, 4) is 5.88 Å². The minimum Gasteiger partial charge on any atom is -0.474 e. The first kappa shape index (κ1) is 29.9. The lowest BCUT2D eigenvalue weighted by atomic mass is 10.00. The number of carbonyl (C=O) groups excluding carboxylic acids is 1. The Bertz CT molecular complexity index is 1280. The molecule has 0 aliphatic carbocycles. The van der Waals surface area contributed by atoms with Gasteiger partial charge in [0.1, 0.15) is 19.0 Å². The molecular formula is C33H47N7O2. The van der Waals surface area contributed by atoms with Crippen LogP contribution in [-0.4, -0.2) is 91.5 Å². The van der Waals surface area contributed by atoms with Crippen LogP contribution < -0.4 is 20.3 Å². The molecule has 1 amide bonds. The first-order valence-electron chi connectivity index (χ1n) is 15.6. The number of hydrogen-bond donors (Lipinski definition) is 2. The summed E-state index contributed by atoms with van der Waals surface area (Å²) in [7, 11) is 0. The summed E-state index contributed by atoms with van der Waals surface area (Å²) >= 11 is 0. The lowest BCUT2D eigenvalue weighted by Crippen LogP contribution is -2.52. The fourth-order valence-electron chi connectivity index (χ4n) is 6.35. The molecule has 1 aromatic carbocycles. The van der Waals surface area contributed by atoms with Gasteiger partial charge in [0.25, 0.3) is 0 Å². The molecule has 0 radical (unpaired) electrons. The highest BCUT2D eigenvalue weighted by atomic mass is 16.5. The first-order chi connectivity index (χ1) is 20.5. The monoisotopic (exact) mass is 573 g/mol. The van der Waals surface area contributed by atoms with E-state index in [1.165, 1.54) is 24.0 Å². The number of ether oxygens (including phenoxy) is 1. The second kappa shape index (κ2) is 14.1. The summed E-state index contributed by atoms with van der Waals surface area (Å²) in [4.78, 5) is 29.4. The number of piperazine rings is 1. The van der Waals surface area contributed by atoms with Gasteiger partial charge >= 0.3 is 0 Å². The van der Waals surface area contributed by atoms with Gasteiger partial charge < -0.3 is 25.2 Å². The van der Waals surface area contributed by atoms with Crippen molar-refractivity contribution in [3.05, 3.63) is 53.2 Å². The van der Waals surface area contributed by atoms with E-state index in [0.717, 1.165) is 80.6 Å². The van der Waals surface area contributed by atoms with E-state index < -0.39 is 0 Å². The highest BCUT2D eigenvalue weighted by Crippen LogP contribution is 2.35. The molecule has 2 N–H and O–H groups in total. The van der Waals surface area contributed by atoms with Gasteiger partial charge in [0.05, 0.1) is 30.6 Å². The van der Waals surface area contributed by atoms with Gasteiger partial charge in [0, 0.05) is 56.6 Å². The summed E-state index contributed by atoms with van der Waals surface area (Å²) in [5, 5.41) is 6.89. The van der Waals surface area contributed by atoms with E-state index in [1.54, 1.807) is 0 Å². The molecule has 2 aromatic rings. The molecule has 9 nitrogen and oxygen atoms in total. The summed E-state index contributed by atoms with van der Waals surface area (Å²) in [6, 6.07) is 8.84. The number of nitrogens with one attached hydrogen (secondary N) is 2. The van der Waals surface area contributed by atoms with Crippen molar-refractivity contribution in [2.75, 3.05) is 74.6 Å². The topological polar surface area (TPSA) is 85.3 Å². The third kappa shape index (κ3) is 6.89. The van der Waals surface area contributed by atoms with E-state index in [4.69, 9.17) is 9.73 Å². The SMILES string of the molecule is C/C=C1/CCN(c2cnc3c(c2C)NCCO3)C/C1=N/CNc1ccc(CC(=O)N2CCN(C(CC)CC)CC2)cc1. The minimum absolute atomic E-state index is 0.222. The van der Waals surface area contributed by atoms with Crippen molar-refractivity contribution in [1.29, 1.82) is 0 Å². The van der Waals surface area contributed by atoms with Crippen LogP contribution >= 0.6 is 0 Å². The average molecular weight is 574 g/mol. The summed E-state index contributed by atoms with van der Waals surface area (Å²) in [6.07, 6.45) is 7.86. The molecule has 1 aromatic heterocycles. The van der Waals surface area contributed by atoms with E-state index >= 15 is 0 Å². The molecule has 2 fully saturated rings. The van der Waals surface area contributed by atoms with E-state index in [9.17, 15) is 4.79 Å². The highest BCUT2D eigenvalue weighted by molar-refractivity contribution is 6.04. The van der Waals surface area contributed by atoms with Crippen molar-refractivity contribution in [2.45, 2.75) is 59.4 Å². The third-order valence-corrected chi connectivity index (χ3v) is 8.96. The van der Waals surface area contributed by atoms with Gasteiger partial charge in [-0.25, -0.2) is 4.98 Å². The summed E-state index contributed by atoms with van der Waals surface area (Å²) in [6.45, 7) is 16.0. The molecule has 0 bridgehead atoms. The van der Waals surface area contributed by atoms with E-state index in [0.29, 0.717) is 31.6 Å². The molecule has 0 saturated carbocycles. The van der Waals surface area contributed by atoms with Gasteiger partial charge in [-0.1, -0.05) is 32.1 Å². The predicted octanol–water partition coefficient (Wildman–Crippen LogP) is 4.74. The number of amides is 1. The molecule has 5 rings (SSSR count). The summed E-state index contributed by atoms with van der Waals surface area (Å²) in [5.41, 5.74) is 7.75. The van der Waals surface area contributed by atoms with Crippen LogP contribution in [0.5, 0.6) is 5.88 Å². The lowest BCUT2D eigenvalue weighted by molar-refractivity contribution is -0.132. The van der Waals surface area contributed by atoms with Gasteiger partial charge in [-0.05, 0) is 56.4 Å². The number of allylic oxidation sites excluding steroid dienone is 1. The molecule has 4 heterocycles. The van der Waals surface area contributed by atoms with E-state index in [-0.39, 0.29) is 5.91 Å². The zero-order valence-electron chi connectivity index (χ0n) is 25.8. The average Bonchev–Trinajstić information content (AvgIpc) is 3.03. The van der Waals surface area contributed by atoms with Crippen LogP contribution in [0.1, 0.15) is 51.2 Å². The van der Waals surface area contributed by atoms with Crippen LogP contribution in [0.15, 0.2) is 47.1 Å². The summed E-state index contributed by atoms with van der Waals surface area (Å²) in [5.74, 6) is 0.914. The number of aliphatic imine (C=N–C) groups is 1. The van der Waals surface area contributed by atoms with Gasteiger partial charge in [-0.2, -0.15) is 0 Å². The van der Waals surface area contributed by atoms with Crippen molar-refractivity contribution in [2.24, 2.45) is 4.99 Å². The Morgan fingerprint density at radius 1 is 1.14 bits per heavy atom. The zero-order valence-corrected chi connectivity index (χ0v) is 25.8. The molecule has 0 spiro atoms. The highest BCUT2D eigenvalue weighted by Gasteiger charge is 2.26. The zero-order chi connectivity index (χ0) is 29.5. The minimum atomic E-state index is 0.222. The van der Waals surface area contributed by atoms with Crippen LogP contribution in [0.4, 0.5) is 17.1 Å². The number of pyridine rings is 1. The maximum Gasteiger partial charge on any atom is 0.237 e. The normalized spacial score (nSPS) is 19.5. The third-order valence-electron chi connectivity index (χ3n) is 8.96. The second-order valence-corrected chi connectivity index (χ2v) is 11.4. The molecule has 9 heteroatoms. The molecule has 2 saturated heterocycles.